The number of hydrogen-bond donors (Lipinski definition) is 0. The fourth-order valence-corrected chi connectivity index (χ4v) is 2.97. The molecular formula is C16H30O2. The van der Waals surface area contributed by atoms with Gasteiger partial charge in [0.25, 0.3) is 0 Å². The molecule has 18 heavy (non-hydrogen) atoms. The van der Waals surface area contributed by atoms with Gasteiger partial charge in [-0.1, -0.05) is 46.0 Å². The van der Waals surface area contributed by atoms with E-state index in [0.717, 1.165) is 24.7 Å². The second kappa shape index (κ2) is 8.55. The van der Waals surface area contributed by atoms with Gasteiger partial charge < -0.3 is 4.74 Å². The van der Waals surface area contributed by atoms with E-state index in [-0.39, 0.29) is 11.9 Å². The Hall–Kier alpha value is -0.530. The van der Waals surface area contributed by atoms with Crippen LogP contribution in [0.2, 0.25) is 0 Å². The predicted molar refractivity (Wildman–Crippen MR) is 75.4 cm³/mol. The molecule has 0 radical (unpaired) electrons. The number of carbonyl (C=O) groups is 1. The number of esters is 1. The zero-order chi connectivity index (χ0) is 13.4. The van der Waals surface area contributed by atoms with Gasteiger partial charge in [0.2, 0.25) is 0 Å². The van der Waals surface area contributed by atoms with Crippen molar-refractivity contribution in [2.75, 3.05) is 7.11 Å². The lowest BCUT2D eigenvalue weighted by Gasteiger charge is -2.23. The molecule has 2 aliphatic carbocycles. The first-order valence-electron chi connectivity index (χ1n) is 7.71. The first kappa shape index (κ1) is 15.5. The van der Waals surface area contributed by atoms with Crippen LogP contribution in [-0.4, -0.2) is 13.1 Å². The molecule has 2 heteroatoms. The summed E-state index contributed by atoms with van der Waals surface area (Å²) in [5.41, 5.74) is 0. The van der Waals surface area contributed by atoms with E-state index in [1.165, 1.54) is 52.1 Å². The zero-order valence-corrected chi connectivity index (χ0v) is 12.4. The van der Waals surface area contributed by atoms with Gasteiger partial charge in [0.15, 0.2) is 0 Å². The average molecular weight is 254 g/mol. The summed E-state index contributed by atoms with van der Waals surface area (Å²) >= 11 is 0. The maximum absolute atomic E-state index is 11.1. The van der Waals surface area contributed by atoms with Crippen LogP contribution in [0.4, 0.5) is 0 Å². The van der Waals surface area contributed by atoms with Gasteiger partial charge in [-0.25, -0.2) is 0 Å². The van der Waals surface area contributed by atoms with Crippen molar-refractivity contribution in [3.63, 3.8) is 0 Å². The third kappa shape index (κ3) is 5.88. The molecule has 0 unspecified atom stereocenters. The van der Waals surface area contributed by atoms with E-state index in [9.17, 15) is 4.79 Å². The molecule has 0 heterocycles. The van der Waals surface area contributed by atoms with E-state index < -0.39 is 0 Å². The fourth-order valence-electron chi connectivity index (χ4n) is 2.97. The van der Waals surface area contributed by atoms with E-state index in [4.69, 9.17) is 0 Å². The number of methoxy groups -OCH3 is 1. The van der Waals surface area contributed by atoms with Crippen molar-refractivity contribution in [3.8, 4) is 0 Å². The SMILES string of the molecule is CC1CCCCC1.COC(=O)C1CCC(C)CC1. The van der Waals surface area contributed by atoms with Gasteiger partial charge in [-0.05, 0) is 37.5 Å². The summed E-state index contributed by atoms with van der Waals surface area (Å²) < 4.78 is 4.69. The first-order chi connectivity index (χ1) is 8.63. The van der Waals surface area contributed by atoms with Crippen LogP contribution in [0.25, 0.3) is 0 Å². The van der Waals surface area contributed by atoms with E-state index in [1.807, 2.05) is 0 Å². The Labute approximate surface area is 112 Å². The van der Waals surface area contributed by atoms with Crippen LogP contribution in [0.15, 0.2) is 0 Å². The monoisotopic (exact) mass is 254 g/mol. The maximum Gasteiger partial charge on any atom is 0.308 e. The smallest absolute Gasteiger partial charge is 0.308 e. The molecule has 2 aliphatic rings. The van der Waals surface area contributed by atoms with E-state index in [0.29, 0.717) is 0 Å². The molecule has 0 aromatic heterocycles. The molecule has 0 atom stereocenters. The summed E-state index contributed by atoms with van der Waals surface area (Å²) in [6.07, 6.45) is 11.8. The third-order valence-corrected chi connectivity index (χ3v) is 4.44. The molecule has 0 amide bonds. The summed E-state index contributed by atoms with van der Waals surface area (Å²) in [7, 11) is 1.47. The van der Waals surface area contributed by atoms with Gasteiger partial charge in [-0.3, -0.25) is 4.79 Å². The lowest BCUT2D eigenvalue weighted by atomic mass is 9.83. The van der Waals surface area contributed by atoms with Crippen LogP contribution in [0.3, 0.4) is 0 Å². The topological polar surface area (TPSA) is 26.3 Å². The molecule has 0 aromatic carbocycles. The quantitative estimate of drug-likeness (QED) is 0.641. The number of hydrogen-bond acceptors (Lipinski definition) is 2. The zero-order valence-electron chi connectivity index (χ0n) is 12.4. The Balaban J connectivity index is 0.000000199. The maximum atomic E-state index is 11.1. The van der Waals surface area contributed by atoms with Gasteiger partial charge in [-0.2, -0.15) is 0 Å². The molecule has 0 spiro atoms. The van der Waals surface area contributed by atoms with Crippen LogP contribution in [0, 0.1) is 17.8 Å². The van der Waals surface area contributed by atoms with Crippen molar-refractivity contribution in [1.29, 1.82) is 0 Å². The highest BCUT2D eigenvalue weighted by Gasteiger charge is 2.24. The molecule has 0 aromatic rings. The largest absolute Gasteiger partial charge is 0.469 e. The fraction of sp³-hybridized carbons (Fsp3) is 0.938. The lowest BCUT2D eigenvalue weighted by Crippen LogP contribution is -2.21. The first-order valence-corrected chi connectivity index (χ1v) is 7.71. The molecular weight excluding hydrogens is 224 g/mol. The average Bonchev–Trinajstić information content (AvgIpc) is 2.40. The van der Waals surface area contributed by atoms with Gasteiger partial charge >= 0.3 is 5.97 Å². The Morgan fingerprint density at radius 3 is 1.72 bits per heavy atom. The van der Waals surface area contributed by atoms with E-state index in [2.05, 4.69) is 18.6 Å². The Bertz CT molecular complexity index is 223. The van der Waals surface area contributed by atoms with E-state index in [1.54, 1.807) is 0 Å². The Kier molecular flexibility index (Phi) is 7.38. The third-order valence-electron chi connectivity index (χ3n) is 4.44. The molecule has 0 bridgehead atoms. The molecule has 2 fully saturated rings. The molecule has 2 nitrogen and oxygen atoms in total. The number of carbonyl (C=O) groups excluding carboxylic acids is 1. The second-order valence-electron chi connectivity index (χ2n) is 6.22. The van der Waals surface area contributed by atoms with Crippen LogP contribution in [0.5, 0.6) is 0 Å². The van der Waals surface area contributed by atoms with Gasteiger partial charge in [-0.15, -0.1) is 0 Å². The van der Waals surface area contributed by atoms with Crippen molar-refractivity contribution in [1.82, 2.24) is 0 Å². The molecule has 2 rings (SSSR count). The number of rotatable bonds is 1. The minimum absolute atomic E-state index is 0.0168. The summed E-state index contributed by atoms with van der Waals surface area (Å²) in [4.78, 5) is 11.1. The van der Waals surface area contributed by atoms with E-state index >= 15 is 0 Å². The van der Waals surface area contributed by atoms with Gasteiger partial charge in [0, 0.05) is 0 Å². The van der Waals surface area contributed by atoms with Crippen molar-refractivity contribution in [3.05, 3.63) is 0 Å². The Morgan fingerprint density at radius 1 is 0.833 bits per heavy atom. The van der Waals surface area contributed by atoms with Gasteiger partial charge in [0.1, 0.15) is 0 Å². The van der Waals surface area contributed by atoms with Gasteiger partial charge in [0.05, 0.1) is 13.0 Å². The highest BCUT2D eigenvalue weighted by Crippen LogP contribution is 2.28. The summed E-state index contributed by atoms with van der Waals surface area (Å²) in [5, 5.41) is 0. The molecule has 2 saturated carbocycles. The predicted octanol–water partition coefficient (Wildman–Crippen LogP) is 4.57. The highest BCUT2D eigenvalue weighted by atomic mass is 16.5. The van der Waals surface area contributed by atoms with Crippen molar-refractivity contribution < 1.29 is 9.53 Å². The molecule has 0 aliphatic heterocycles. The van der Waals surface area contributed by atoms with Crippen LogP contribution in [-0.2, 0) is 9.53 Å². The number of ether oxygens (including phenoxy) is 1. The van der Waals surface area contributed by atoms with Crippen molar-refractivity contribution in [2.24, 2.45) is 17.8 Å². The highest BCUT2D eigenvalue weighted by molar-refractivity contribution is 5.72. The second-order valence-corrected chi connectivity index (χ2v) is 6.22. The van der Waals surface area contributed by atoms with Crippen molar-refractivity contribution >= 4 is 5.97 Å². The normalized spacial score (nSPS) is 29.1. The lowest BCUT2D eigenvalue weighted by molar-refractivity contribution is -0.146. The van der Waals surface area contributed by atoms with Crippen molar-refractivity contribution in [2.45, 2.75) is 71.6 Å². The summed E-state index contributed by atoms with van der Waals surface area (Å²) in [6, 6.07) is 0. The molecule has 106 valence electrons. The molecule has 0 N–H and O–H groups in total. The standard InChI is InChI=1S/C9H16O2.C7H14/c1-7-3-5-8(6-4-7)9(10)11-2;1-7-5-3-2-4-6-7/h7-8H,3-6H2,1-2H3;7H,2-6H2,1H3. The Morgan fingerprint density at radius 2 is 1.33 bits per heavy atom. The molecule has 0 saturated heterocycles. The minimum Gasteiger partial charge on any atom is -0.469 e. The van der Waals surface area contributed by atoms with Crippen LogP contribution < -0.4 is 0 Å². The summed E-state index contributed by atoms with van der Waals surface area (Å²) in [5.74, 6) is 2.01. The summed E-state index contributed by atoms with van der Waals surface area (Å²) in [6.45, 7) is 4.60. The minimum atomic E-state index is -0.0168. The van der Waals surface area contributed by atoms with Crippen LogP contribution >= 0.6 is 0 Å². The van der Waals surface area contributed by atoms with Crippen LogP contribution in [0.1, 0.15) is 71.6 Å².